The van der Waals surface area contributed by atoms with Crippen molar-refractivity contribution in [2.75, 3.05) is 13.2 Å². The van der Waals surface area contributed by atoms with Gasteiger partial charge < -0.3 is 52.1 Å². The first-order valence-corrected chi connectivity index (χ1v) is 20.8. The summed E-state index contributed by atoms with van der Waals surface area (Å²) in [6, 6.07) is 30.7. The fourth-order valence-electron chi connectivity index (χ4n) is 7.08. The Labute approximate surface area is 383 Å². The number of carbonyl (C=O) groups excluding carboxylic acids is 8. The third-order valence-electron chi connectivity index (χ3n) is 9.96. The van der Waals surface area contributed by atoms with Gasteiger partial charge in [-0.25, -0.2) is 19.2 Å². The molecule has 19 heteroatoms. The molecule has 0 unspecified atom stereocenters. The standard InChI is InChI=1S/C48H46O19/c1-27(49)57-25-35-37(59-28(2)50)39(60-29(3)51)41(61-30(4)52)47(62-35)66-38-36(26-58-43(53)31-17-9-5-10-18-31)63-48(67-46(56)34-23-15-8-16-24-34)42(65-45(55)33-21-13-7-14-22-33)40(38)64-44(54)32-19-11-6-12-20-32/h5-24,35-42,47-48H,25-26H2,1-4H3/t35-,36-,37+,38-,39+,40+,41-,42+,47+,48-/m1/s1. The average molecular weight is 927 g/mol. The van der Waals surface area contributed by atoms with E-state index in [1.54, 1.807) is 72.8 Å². The van der Waals surface area contributed by atoms with Gasteiger partial charge in [-0.2, -0.15) is 0 Å². The van der Waals surface area contributed by atoms with Crippen molar-refractivity contribution in [1.82, 2.24) is 0 Å². The third-order valence-corrected chi connectivity index (χ3v) is 9.96. The van der Waals surface area contributed by atoms with E-state index in [4.69, 9.17) is 52.1 Å². The SMILES string of the molecule is CC(=O)OC[C@H]1O[C@@H](O[C@H]2[C@H](OC(=O)c3ccccc3)[C@H](OC(=O)c3ccccc3)[C@@H](OC(=O)c3ccccc3)O[C@@H]2COC(=O)c2ccccc2)[C@H](OC(C)=O)[C@@H](OC(C)=O)[C@H]1OC(C)=O. The van der Waals surface area contributed by atoms with Gasteiger partial charge in [0.1, 0.15) is 31.5 Å². The summed E-state index contributed by atoms with van der Waals surface area (Å²) in [6.45, 7) is 2.78. The highest BCUT2D eigenvalue weighted by Gasteiger charge is 2.58. The lowest BCUT2D eigenvalue weighted by Gasteiger charge is -2.48. The summed E-state index contributed by atoms with van der Waals surface area (Å²) in [4.78, 5) is 105. The summed E-state index contributed by atoms with van der Waals surface area (Å²) >= 11 is 0. The fourth-order valence-corrected chi connectivity index (χ4v) is 7.08. The first-order chi connectivity index (χ1) is 32.2. The smallest absolute Gasteiger partial charge is 0.340 e. The molecule has 0 aromatic heterocycles. The molecule has 4 aromatic rings. The molecule has 0 radical (unpaired) electrons. The molecule has 4 aromatic carbocycles. The molecule has 0 saturated carbocycles. The lowest BCUT2D eigenvalue weighted by molar-refractivity contribution is -0.354. The Bertz CT molecular complexity index is 2360. The number of esters is 8. The summed E-state index contributed by atoms with van der Waals surface area (Å²) in [6.07, 6.45) is -17.9. The zero-order chi connectivity index (χ0) is 48.0. The van der Waals surface area contributed by atoms with Crippen molar-refractivity contribution in [2.24, 2.45) is 0 Å². The molecule has 0 N–H and O–H groups in total. The first-order valence-electron chi connectivity index (χ1n) is 20.8. The number of hydrogen-bond donors (Lipinski definition) is 0. The van der Waals surface area contributed by atoms with Crippen LogP contribution in [0.25, 0.3) is 0 Å². The van der Waals surface area contributed by atoms with Crippen LogP contribution in [-0.4, -0.2) is 122 Å². The lowest BCUT2D eigenvalue weighted by atomic mass is 9.95. The van der Waals surface area contributed by atoms with E-state index in [1.165, 1.54) is 48.5 Å². The molecule has 2 aliphatic rings. The average Bonchev–Trinajstić information content (AvgIpc) is 3.31. The Kier molecular flexibility index (Phi) is 16.9. The molecule has 2 heterocycles. The summed E-state index contributed by atoms with van der Waals surface area (Å²) in [5.74, 6) is -7.45. The van der Waals surface area contributed by atoms with Crippen LogP contribution < -0.4 is 0 Å². The summed E-state index contributed by atoms with van der Waals surface area (Å²) in [5.41, 5.74) is 0.168. The topological polar surface area (TPSA) is 238 Å². The van der Waals surface area contributed by atoms with E-state index in [2.05, 4.69) is 0 Å². The zero-order valence-corrected chi connectivity index (χ0v) is 36.5. The molecule has 352 valence electrons. The molecule has 10 atom stereocenters. The maximum Gasteiger partial charge on any atom is 0.340 e. The van der Waals surface area contributed by atoms with Crippen molar-refractivity contribution >= 4 is 47.8 Å². The predicted octanol–water partition coefficient (Wildman–Crippen LogP) is 4.34. The maximum atomic E-state index is 14.2. The molecular weight excluding hydrogens is 881 g/mol. The van der Waals surface area contributed by atoms with E-state index in [1.807, 2.05) is 0 Å². The van der Waals surface area contributed by atoms with Gasteiger partial charge in [-0.15, -0.1) is 0 Å². The molecule has 0 spiro atoms. The van der Waals surface area contributed by atoms with E-state index < -0.39 is 122 Å². The van der Waals surface area contributed by atoms with E-state index >= 15 is 0 Å². The normalized spacial score (nSPS) is 24.4. The van der Waals surface area contributed by atoms with Gasteiger partial charge in [-0.1, -0.05) is 72.8 Å². The van der Waals surface area contributed by atoms with Crippen LogP contribution >= 0.6 is 0 Å². The van der Waals surface area contributed by atoms with E-state index in [-0.39, 0.29) is 22.3 Å². The predicted molar refractivity (Wildman–Crippen MR) is 225 cm³/mol. The number of ether oxygens (including phenoxy) is 11. The van der Waals surface area contributed by atoms with Crippen molar-refractivity contribution in [3.05, 3.63) is 144 Å². The van der Waals surface area contributed by atoms with E-state index in [9.17, 15) is 38.4 Å². The van der Waals surface area contributed by atoms with Crippen LogP contribution in [0.5, 0.6) is 0 Å². The van der Waals surface area contributed by atoms with Crippen molar-refractivity contribution < 1.29 is 90.5 Å². The molecule has 2 fully saturated rings. The Balaban J connectivity index is 1.51. The Morgan fingerprint density at radius 2 is 0.701 bits per heavy atom. The Morgan fingerprint density at radius 1 is 0.358 bits per heavy atom. The van der Waals surface area contributed by atoms with Crippen LogP contribution in [-0.2, 0) is 71.3 Å². The molecular formula is C48H46O19. The van der Waals surface area contributed by atoms with Crippen LogP contribution in [0.3, 0.4) is 0 Å². The number of rotatable bonds is 16. The highest BCUT2D eigenvalue weighted by Crippen LogP contribution is 2.36. The fraction of sp³-hybridized carbons (Fsp3) is 0.333. The van der Waals surface area contributed by atoms with Gasteiger partial charge in [-0.3, -0.25) is 19.2 Å². The lowest BCUT2D eigenvalue weighted by Crippen LogP contribution is -2.67. The quantitative estimate of drug-likeness (QED) is 0.112. The molecule has 0 amide bonds. The number of carbonyl (C=O) groups is 8. The van der Waals surface area contributed by atoms with Gasteiger partial charge in [0.15, 0.2) is 30.7 Å². The van der Waals surface area contributed by atoms with Crippen LogP contribution in [0.1, 0.15) is 69.1 Å². The second-order valence-corrected chi connectivity index (χ2v) is 14.9. The summed E-state index contributed by atoms with van der Waals surface area (Å²) < 4.78 is 65.0. The molecule has 19 nitrogen and oxygen atoms in total. The molecule has 67 heavy (non-hydrogen) atoms. The largest absolute Gasteiger partial charge is 0.463 e. The monoisotopic (exact) mass is 926 g/mol. The molecule has 0 bridgehead atoms. The van der Waals surface area contributed by atoms with Crippen LogP contribution in [0, 0.1) is 0 Å². The number of hydrogen-bond acceptors (Lipinski definition) is 19. The molecule has 6 rings (SSSR count). The van der Waals surface area contributed by atoms with E-state index in [0.29, 0.717) is 0 Å². The second kappa shape index (κ2) is 23.1. The highest BCUT2D eigenvalue weighted by molar-refractivity contribution is 5.91. The number of benzene rings is 4. The van der Waals surface area contributed by atoms with Gasteiger partial charge >= 0.3 is 47.8 Å². The minimum atomic E-state index is -1.95. The highest BCUT2D eigenvalue weighted by atomic mass is 16.8. The van der Waals surface area contributed by atoms with Gasteiger partial charge in [0.2, 0.25) is 12.4 Å². The van der Waals surface area contributed by atoms with Gasteiger partial charge in [0, 0.05) is 27.7 Å². The maximum absolute atomic E-state index is 14.2. The van der Waals surface area contributed by atoms with Crippen molar-refractivity contribution in [1.29, 1.82) is 0 Å². The zero-order valence-electron chi connectivity index (χ0n) is 36.5. The summed E-state index contributed by atoms with van der Waals surface area (Å²) in [5, 5.41) is 0. The van der Waals surface area contributed by atoms with Gasteiger partial charge in [-0.05, 0) is 48.5 Å². The summed E-state index contributed by atoms with van der Waals surface area (Å²) in [7, 11) is 0. The molecule has 2 aliphatic heterocycles. The van der Waals surface area contributed by atoms with Gasteiger partial charge in [0.25, 0.3) is 0 Å². The van der Waals surface area contributed by atoms with Crippen LogP contribution in [0.2, 0.25) is 0 Å². The molecule has 2 saturated heterocycles. The van der Waals surface area contributed by atoms with Gasteiger partial charge in [0.05, 0.1) is 22.3 Å². The van der Waals surface area contributed by atoms with Crippen molar-refractivity contribution in [2.45, 2.75) is 89.1 Å². The minimum Gasteiger partial charge on any atom is -0.463 e. The third kappa shape index (κ3) is 13.3. The Morgan fingerprint density at radius 3 is 1.16 bits per heavy atom. The van der Waals surface area contributed by atoms with Crippen LogP contribution in [0.4, 0.5) is 0 Å². The van der Waals surface area contributed by atoms with E-state index in [0.717, 1.165) is 27.7 Å². The Hall–Kier alpha value is -7.48. The van der Waals surface area contributed by atoms with Crippen molar-refractivity contribution in [3.8, 4) is 0 Å². The van der Waals surface area contributed by atoms with Crippen molar-refractivity contribution in [3.63, 3.8) is 0 Å². The second-order valence-electron chi connectivity index (χ2n) is 14.9. The first kappa shape index (κ1) is 49.0. The van der Waals surface area contributed by atoms with Crippen LogP contribution in [0.15, 0.2) is 121 Å². The molecule has 0 aliphatic carbocycles. The minimum absolute atomic E-state index is 0.00180.